The van der Waals surface area contributed by atoms with Gasteiger partial charge in [-0.1, -0.05) is 18.2 Å². The highest BCUT2D eigenvalue weighted by atomic mass is 32.2. The van der Waals surface area contributed by atoms with Gasteiger partial charge in [0.25, 0.3) is 5.91 Å². The minimum Gasteiger partial charge on any atom is -0.490 e. The van der Waals surface area contributed by atoms with Crippen molar-refractivity contribution < 1.29 is 28.6 Å². The number of carbonyl (C=O) groups excluding carboxylic acids is 1. The molecule has 1 saturated heterocycles. The number of benzene rings is 3. The number of nitrogens with zero attached hydrogens (tertiary/aromatic N) is 2. The van der Waals surface area contributed by atoms with Crippen molar-refractivity contribution in [1.82, 2.24) is 4.90 Å². The molecule has 1 heterocycles. The number of hydrogen-bond acceptors (Lipinski definition) is 6. The molecular weight excluding hydrogens is 495 g/mol. The van der Waals surface area contributed by atoms with Gasteiger partial charge in [-0.3, -0.25) is 9.69 Å². The first-order chi connectivity index (χ1) is 17.9. The van der Waals surface area contributed by atoms with Crippen LogP contribution in [0.15, 0.2) is 76.6 Å². The predicted molar refractivity (Wildman–Crippen MR) is 142 cm³/mol. The van der Waals surface area contributed by atoms with Gasteiger partial charge in [0.15, 0.2) is 16.7 Å². The number of carboxylic acid groups (broad SMARTS) is 1. The largest absolute Gasteiger partial charge is 0.490 e. The minimum absolute atomic E-state index is 0.167. The number of aliphatic imine (C=N–C) groups is 1. The van der Waals surface area contributed by atoms with Crippen LogP contribution in [-0.2, 0) is 11.4 Å². The maximum Gasteiger partial charge on any atom is 0.335 e. The van der Waals surface area contributed by atoms with E-state index in [1.165, 1.54) is 36.0 Å². The fraction of sp³-hybridized carbons (Fsp3) is 0.179. The van der Waals surface area contributed by atoms with Crippen molar-refractivity contribution in [3.8, 4) is 11.5 Å². The molecule has 37 heavy (non-hydrogen) atoms. The normalized spacial score (nSPS) is 15.4. The van der Waals surface area contributed by atoms with Crippen LogP contribution in [0, 0.1) is 5.82 Å². The van der Waals surface area contributed by atoms with Crippen LogP contribution < -0.4 is 9.47 Å². The molecule has 1 aliphatic heterocycles. The highest BCUT2D eigenvalue weighted by Crippen LogP contribution is 2.36. The lowest BCUT2D eigenvalue weighted by Crippen LogP contribution is -2.28. The topological polar surface area (TPSA) is 88.4 Å². The van der Waals surface area contributed by atoms with Crippen molar-refractivity contribution in [2.24, 2.45) is 4.99 Å². The summed E-state index contributed by atoms with van der Waals surface area (Å²) in [5, 5.41) is 9.60. The van der Waals surface area contributed by atoms with Crippen LogP contribution in [-0.4, -0.2) is 40.2 Å². The Morgan fingerprint density at radius 3 is 2.51 bits per heavy atom. The Morgan fingerprint density at radius 1 is 1.05 bits per heavy atom. The van der Waals surface area contributed by atoms with Gasteiger partial charge < -0.3 is 14.6 Å². The molecule has 190 valence electrons. The van der Waals surface area contributed by atoms with Crippen LogP contribution in [0.4, 0.5) is 10.1 Å². The summed E-state index contributed by atoms with van der Waals surface area (Å²) in [4.78, 5) is 30.7. The third-order valence-electron chi connectivity index (χ3n) is 5.39. The smallest absolute Gasteiger partial charge is 0.335 e. The maximum atomic E-state index is 13.5. The van der Waals surface area contributed by atoms with Crippen LogP contribution in [0.25, 0.3) is 6.08 Å². The van der Waals surface area contributed by atoms with E-state index in [9.17, 15) is 14.0 Å². The molecule has 1 N–H and O–H groups in total. The quantitative estimate of drug-likeness (QED) is 0.342. The van der Waals surface area contributed by atoms with E-state index < -0.39 is 5.97 Å². The number of amidine groups is 1. The van der Waals surface area contributed by atoms with Crippen LogP contribution in [0.2, 0.25) is 0 Å². The van der Waals surface area contributed by atoms with Gasteiger partial charge in [-0.15, -0.1) is 0 Å². The van der Waals surface area contributed by atoms with Crippen LogP contribution in [0.1, 0.15) is 35.3 Å². The second kappa shape index (κ2) is 11.7. The molecule has 0 spiro atoms. The molecule has 0 atom stereocenters. The van der Waals surface area contributed by atoms with Crippen molar-refractivity contribution in [2.45, 2.75) is 20.5 Å². The van der Waals surface area contributed by atoms with Crippen molar-refractivity contribution in [3.63, 3.8) is 0 Å². The molecule has 0 saturated carbocycles. The molecule has 3 aromatic carbocycles. The summed E-state index contributed by atoms with van der Waals surface area (Å²) in [5.74, 6) is -0.475. The van der Waals surface area contributed by atoms with Gasteiger partial charge >= 0.3 is 5.97 Å². The van der Waals surface area contributed by atoms with Gasteiger partial charge in [0.2, 0.25) is 0 Å². The monoisotopic (exact) mass is 520 g/mol. The Bertz CT molecular complexity index is 1370. The van der Waals surface area contributed by atoms with E-state index in [-0.39, 0.29) is 23.9 Å². The lowest BCUT2D eigenvalue weighted by Gasteiger charge is -2.13. The molecule has 3 aromatic rings. The number of halogens is 1. The van der Waals surface area contributed by atoms with Gasteiger partial charge in [-0.25, -0.2) is 14.2 Å². The average molecular weight is 521 g/mol. The summed E-state index contributed by atoms with van der Waals surface area (Å²) in [6.45, 7) is 4.77. The fourth-order valence-corrected chi connectivity index (χ4v) is 4.66. The molecule has 9 heteroatoms. The highest BCUT2D eigenvalue weighted by Gasteiger charge is 2.32. The number of carboxylic acids is 1. The lowest BCUT2D eigenvalue weighted by molar-refractivity contribution is -0.122. The summed E-state index contributed by atoms with van der Waals surface area (Å²) in [5.41, 5.74) is 2.17. The summed E-state index contributed by atoms with van der Waals surface area (Å²) in [6.07, 6.45) is 1.77. The standard InChI is InChI=1S/C28H25FN2O5S/c1-3-31-26(32)25(37-28(31)30-22-11-9-20(10-12-22)27(33)34)16-18-8-13-23(24(15-18)35-4-2)36-17-19-6-5-7-21(29)14-19/h5-16H,3-4,17H2,1-2H3,(H,33,34)/b25-16-,30-28?. The molecule has 0 aromatic heterocycles. The van der Waals surface area contributed by atoms with E-state index in [0.717, 1.165) is 5.56 Å². The lowest BCUT2D eigenvalue weighted by atomic mass is 10.1. The van der Waals surface area contributed by atoms with Gasteiger partial charge in [-0.2, -0.15) is 0 Å². The van der Waals surface area contributed by atoms with Crippen molar-refractivity contribution in [1.29, 1.82) is 0 Å². The number of thioether (sulfide) groups is 1. The van der Waals surface area contributed by atoms with Gasteiger partial charge in [0.1, 0.15) is 12.4 Å². The second-order valence-electron chi connectivity index (χ2n) is 7.96. The van der Waals surface area contributed by atoms with Crippen molar-refractivity contribution >= 4 is 40.6 Å². The third kappa shape index (κ3) is 6.37. The average Bonchev–Trinajstić information content (AvgIpc) is 3.17. The molecule has 0 bridgehead atoms. The Morgan fingerprint density at radius 2 is 1.84 bits per heavy atom. The summed E-state index contributed by atoms with van der Waals surface area (Å²) in [7, 11) is 0. The highest BCUT2D eigenvalue weighted by molar-refractivity contribution is 8.18. The Hall–Kier alpha value is -4.11. The van der Waals surface area contributed by atoms with E-state index in [0.29, 0.717) is 46.0 Å². The number of amides is 1. The molecule has 0 aliphatic carbocycles. The molecule has 1 aliphatic rings. The Balaban J connectivity index is 1.55. The second-order valence-corrected chi connectivity index (χ2v) is 8.97. The number of hydrogen-bond donors (Lipinski definition) is 1. The zero-order valence-electron chi connectivity index (χ0n) is 20.3. The Kier molecular flexibility index (Phi) is 8.25. The maximum absolute atomic E-state index is 13.5. The third-order valence-corrected chi connectivity index (χ3v) is 6.40. The molecular formula is C28H25FN2O5S. The molecule has 1 fully saturated rings. The molecule has 1 amide bonds. The predicted octanol–water partition coefficient (Wildman–Crippen LogP) is 6.13. The van der Waals surface area contributed by atoms with Gasteiger partial charge in [0, 0.05) is 6.54 Å². The van der Waals surface area contributed by atoms with E-state index >= 15 is 0 Å². The fourth-order valence-electron chi connectivity index (χ4n) is 3.60. The van der Waals surface area contributed by atoms with Crippen LogP contribution in [0.3, 0.4) is 0 Å². The SMILES string of the molecule is CCOc1cc(/C=C2\SC(=Nc3ccc(C(=O)O)cc3)N(CC)C2=O)ccc1OCc1cccc(F)c1. The van der Waals surface area contributed by atoms with E-state index in [1.807, 2.05) is 19.9 Å². The first kappa shape index (κ1) is 26.0. The zero-order chi connectivity index (χ0) is 26.4. The number of likely N-dealkylation sites (N-methyl/N-ethyl adjacent to an activating group) is 1. The van der Waals surface area contributed by atoms with Gasteiger partial charge in [0.05, 0.1) is 22.8 Å². The van der Waals surface area contributed by atoms with E-state index in [4.69, 9.17) is 14.6 Å². The molecule has 0 unspecified atom stereocenters. The number of rotatable bonds is 9. The summed E-state index contributed by atoms with van der Waals surface area (Å²) in [6, 6.07) is 17.7. The molecule has 7 nitrogen and oxygen atoms in total. The Labute approximate surface area is 218 Å². The summed E-state index contributed by atoms with van der Waals surface area (Å²) < 4.78 is 25.1. The zero-order valence-corrected chi connectivity index (χ0v) is 21.1. The van der Waals surface area contributed by atoms with Crippen molar-refractivity contribution in [3.05, 3.63) is 94.1 Å². The van der Waals surface area contributed by atoms with E-state index in [2.05, 4.69) is 4.99 Å². The molecule has 4 rings (SSSR count). The van der Waals surface area contributed by atoms with Crippen LogP contribution >= 0.6 is 11.8 Å². The first-order valence-corrected chi connectivity index (χ1v) is 12.5. The van der Waals surface area contributed by atoms with Crippen LogP contribution in [0.5, 0.6) is 11.5 Å². The summed E-state index contributed by atoms with van der Waals surface area (Å²) >= 11 is 1.25. The van der Waals surface area contributed by atoms with Gasteiger partial charge in [-0.05, 0) is 91.3 Å². The number of carbonyl (C=O) groups is 2. The minimum atomic E-state index is -1.01. The number of aromatic carboxylic acids is 1. The number of ether oxygens (including phenoxy) is 2. The van der Waals surface area contributed by atoms with Crippen molar-refractivity contribution in [2.75, 3.05) is 13.2 Å². The first-order valence-electron chi connectivity index (χ1n) is 11.7. The van der Waals surface area contributed by atoms with E-state index in [1.54, 1.807) is 47.4 Å². The molecule has 0 radical (unpaired) electrons.